The van der Waals surface area contributed by atoms with E-state index in [9.17, 15) is 35.9 Å². The number of likely N-dealkylation sites (tertiary alicyclic amines) is 1. The quantitative estimate of drug-likeness (QED) is 0.453. The fourth-order valence-electron chi connectivity index (χ4n) is 3.87. The fourth-order valence-corrected chi connectivity index (χ4v) is 4.57. The number of hydrogen-bond acceptors (Lipinski definition) is 6. The number of benzene rings is 1. The molecule has 3 heterocycles. The molecule has 1 saturated heterocycles. The second-order valence-corrected chi connectivity index (χ2v) is 9.72. The second-order valence-electron chi connectivity index (χ2n) is 7.80. The molecule has 1 aromatic carbocycles. The van der Waals surface area contributed by atoms with Gasteiger partial charge in [-0.25, -0.2) is 27.6 Å². The van der Waals surface area contributed by atoms with E-state index in [1.54, 1.807) is 0 Å². The minimum Gasteiger partial charge on any atom is -0.465 e. The number of alkyl halides is 4. The number of nitrogens with zero attached hydrogens (tertiary/aromatic N) is 3. The van der Waals surface area contributed by atoms with Crippen molar-refractivity contribution < 1.29 is 35.9 Å². The lowest BCUT2D eigenvalue weighted by Gasteiger charge is -2.31. The number of piperidine rings is 1. The van der Waals surface area contributed by atoms with E-state index in [4.69, 9.17) is 0 Å². The van der Waals surface area contributed by atoms with Crippen LogP contribution in [-0.4, -0.2) is 64.6 Å². The number of H-pyrrole nitrogens is 1. The Morgan fingerprint density at radius 2 is 2.09 bits per heavy atom. The number of rotatable bonds is 5. The number of halogens is 4. The van der Waals surface area contributed by atoms with Crippen molar-refractivity contribution in [3.8, 4) is 11.3 Å². The van der Waals surface area contributed by atoms with Crippen LogP contribution in [0.1, 0.15) is 18.4 Å². The molecular weight excluding hydrogens is 482 g/mol. The molecular formula is C20H19F4N5O4S. The van der Waals surface area contributed by atoms with Gasteiger partial charge in [0.2, 0.25) is 15.8 Å². The van der Waals surface area contributed by atoms with Crippen LogP contribution in [-0.2, 0) is 16.0 Å². The SMILES string of the molecule is O=C(O)N1CCC[C@H](Nc2ncc(C(F)(F)F)c(-c3c[nH]c4cc(S(=O)(=O)CF)ccc34)n2)C1. The van der Waals surface area contributed by atoms with Crippen molar-refractivity contribution >= 4 is 32.8 Å². The summed E-state index contributed by atoms with van der Waals surface area (Å²) >= 11 is 0. The predicted octanol–water partition coefficient (Wildman–Crippen LogP) is 3.90. The molecule has 1 amide bonds. The van der Waals surface area contributed by atoms with Crippen LogP contribution < -0.4 is 5.32 Å². The summed E-state index contributed by atoms with van der Waals surface area (Å²) in [6.45, 7) is 0.496. The number of anilines is 1. The summed E-state index contributed by atoms with van der Waals surface area (Å²) in [6, 6.07) is 1.55. The van der Waals surface area contributed by atoms with Crippen molar-refractivity contribution in [3.63, 3.8) is 0 Å². The zero-order valence-corrected chi connectivity index (χ0v) is 18.2. The van der Waals surface area contributed by atoms with Gasteiger partial charge in [-0.2, -0.15) is 13.2 Å². The van der Waals surface area contributed by atoms with Gasteiger partial charge in [-0.15, -0.1) is 0 Å². The van der Waals surface area contributed by atoms with Gasteiger partial charge in [-0.3, -0.25) is 0 Å². The molecule has 0 saturated carbocycles. The molecule has 0 bridgehead atoms. The molecule has 0 spiro atoms. The molecule has 9 nitrogen and oxygen atoms in total. The smallest absolute Gasteiger partial charge is 0.419 e. The summed E-state index contributed by atoms with van der Waals surface area (Å²) in [5.41, 5.74) is -1.30. The van der Waals surface area contributed by atoms with Crippen LogP contribution in [0.15, 0.2) is 35.5 Å². The molecule has 1 aliphatic heterocycles. The maximum absolute atomic E-state index is 13.7. The minimum absolute atomic E-state index is 0.0489. The van der Waals surface area contributed by atoms with Gasteiger partial charge < -0.3 is 20.3 Å². The average Bonchev–Trinajstić information content (AvgIpc) is 3.21. The molecule has 0 unspecified atom stereocenters. The Bertz CT molecular complexity index is 1340. The second kappa shape index (κ2) is 8.74. The van der Waals surface area contributed by atoms with Crippen LogP contribution in [0.2, 0.25) is 0 Å². The van der Waals surface area contributed by atoms with Crippen LogP contribution in [0, 0.1) is 0 Å². The Labute approximate surface area is 190 Å². The molecule has 3 aromatic rings. The number of nitrogens with one attached hydrogen (secondary N) is 2. The van der Waals surface area contributed by atoms with E-state index >= 15 is 0 Å². The molecule has 3 N–H and O–H groups in total. The van der Waals surface area contributed by atoms with E-state index in [2.05, 4.69) is 20.3 Å². The predicted molar refractivity (Wildman–Crippen MR) is 114 cm³/mol. The van der Waals surface area contributed by atoms with Crippen molar-refractivity contribution in [2.75, 3.05) is 24.4 Å². The van der Waals surface area contributed by atoms with E-state index in [0.29, 0.717) is 25.6 Å². The third-order valence-corrected chi connectivity index (χ3v) is 6.79. The summed E-state index contributed by atoms with van der Waals surface area (Å²) in [6.07, 6.45) is -2.81. The Morgan fingerprint density at radius 3 is 2.76 bits per heavy atom. The zero-order chi connectivity index (χ0) is 24.7. The Morgan fingerprint density at radius 1 is 1.32 bits per heavy atom. The number of carbonyl (C=O) groups is 1. The highest BCUT2D eigenvalue weighted by Crippen LogP contribution is 2.39. The first-order chi connectivity index (χ1) is 16.0. The van der Waals surface area contributed by atoms with Gasteiger partial charge >= 0.3 is 12.3 Å². The molecule has 14 heteroatoms. The number of sulfone groups is 1. The van der Waals surface area contributed by atoms with Gasteiger partial charge in [-0.1, -0.05) is 6.07 Å². The van der Waals surface area contributed by atoms with E-state index in [1.165, 1.54) is 17.2 Å². The zero-order valence-electron chi connectivity index (χ0n) is 17.4. The molecule has 182 valence electrons. The van der Waals surface area contributed by atoms with E-state index in [0.717, 1.165) is 12.1 Å². The summed E-state index contributed by atoms with van der Waals surface area (Å²) < 4.78 is 77.6. The monoisotopic (exact) mass is 501 g/mol. The number of fused-ring (bicyclic) bond motifs is 1. The topological polar surface area (TPSA) is 128 Å². The molecule has 34 heavy (non-hydrogen) atoms. The van der Waals surface area contributed by atoms with Crippen LogP contribution in [0.3, 0.4) is 0 Å². The van der Waals surface area contributed by atoms with Gasteiger partial charge in [0.1, 0.15) is 5.56 Å². The molecule has 0 aliphatic carbocycles. The number of aromatic amines is 1. The number of amides is 1. The third kappa shape index (κ3) is 4.62. The highest BCUT2D eigenvalue weighted by atomic mass is 32.2. The van der Waals surface area contributed by atoms with E-state index < -0.39 is 39.4 Å². The van der Waals surface area contributed by atoms with Crippen LogP contribution in [0.4, 0.5) is 28.3 Å². The molecule has 1 aliphatic rings. The van der Waals surface area contributed by atoms with Crippen LogP contribution in [0.25, 0.3) is 22.2 Å². The van der Waals surface area contributed by atoms with Crippen LogP contribution in [0.5, 0.6) is 0 Å². The Balaban J connectivity index is 1.74. The van der Waals surface area contributed by atoms with E-state index in [1.807, 2.05) is 0 Å². The van der Waals surface area contributed by atoms with Gasteiger partial charge in [0.15, 0.2) is 6.01 Å². The van der Waals surface area contributed by atoms with E-state index in [-0.39, 0.29) is 39.9 Å². The maximum atomic E-state index is 13.7. The summed E-state index contributed by atoms with van der Waals surface area (Å²) in [4.78, 5) is 22.7. The standard InChI is InChI=1S/C20H19F4N5O4S/c21-10-34(32,33)12-3-4-13-14(7-25-16(13)6-12)17-15(20(22,23)24)8-26-18(28-17)27-11-2-1-5-29(9-11)19(30)31/h3-4,6-8,11,25H,1-2,5,9-10H2,(H,30,31)(H,26,27,28)/t11-/m0/s1. The fraction of sp³-hybridized carbons (Fsp3) is 0.350. The molecule has 0 radical (unpaired) electrons. The van der Waals surface area contributed by atoms with Crippen molar-refractivity contribution in [1.29, 1.82) is 0 Å². The Kier molecular flexibility index (Phi) is 6.10. The summed E-state index contributed by atoms with van der Waals surface area (Å²) in [5, 5.41) is 12.3. The molecule has 1 fully saturated rings. The van der Waals surface area contributed by atoms with Gasteiger partial charge in [-0.05, 0) is 25.0 Å². The molecule has 2 aromatic heterocycles. The highest BCUT2D eigenvalue weighted by Gasteiger charge is 2.36. The van der Waals surface area contributed by atoms with Crippen molar-refractivity contribution in [2.24, 2.45) is 0 Å². The summed E-state index contributed by atoms with van der Waals surface area (Å²) in [7, 11) is -4.16. The molecule has 1 atom stereocenters. The lowest BCUT2D eigenvalue weighted by Crippen LogP contribution is -2.44. The number of carboxylic acid groups (broad SMARTS) is 1. The first-order valence-corrected chi connectivity index (χ1v) is 11.7. The summed E-state index contributed by atoms with van der Waals surface area (Å²) in [5.74, 6) is -0.105. The van der Waals surface area contributed by atoms with Crippen molar-refractivity contribution in [3.05, 3.63) is 36.2 Å². The van der Waals surface area contributed by atoms with Gasteiger partial charge in [0, 0.05) is 48.0 Å². The minimum atomic E-state index is -4.78. The normalized spacial score (nSPS) is 17.2. The maximum Gasteiger partial charge on any atom is 0.419 e. The number of hydrogen-bond donors (Lipinski definition) is 3. The van der Waals surface area contributed by atoms with Gasteiger partial charge in [0.05, 0.1) is 10.6 Å². The number of aromatic nitrogens is 3. The molecule has 4 rings (SSSR count). The largest absolute Gasteiger partial charge is 0.465 e. The lowest BCUT2D eigenvalue weighted by molar-refractivity contribution is -0.137. The third-order valence-electron chi connectivity index (χ3n) is 5.53. The van der Waals surface area contributed by atoms with Gasteiger partial charge in [0.25, 0.3) is 0 Å². The highest BCUT2D eigenvalue weighted by molar-refractivity contribution is 7.91. The first kappa shape index (κ1) is 23.7. The van der Waals surface area contributed by atoms with Crippen molar-refractivity contribution in [2.45, 2.75) is 30.0 Å². The Hall–Kier alpha value is -3.42. The lowest BCUT2D eigenvalue weighted by atomic mass is 10.1. The first-order valence-electron chi connectivity index (χ1n) is 10.1. The van der Waals surface area contributed by atoms with Crippen molar-refractivity contribution in [1.82, 2.24) is 19.9 Å². The van der Waals surface area contributed by atoms with Crippen LogP contribution >= 0.6 is 0 Å². The average molecular weight is 501 g/mol.